The molecule has 69 heavy (non-hydrogen) atoms. The maximum absolute atomic E-state index is 12.7. The first-order valence-electron chi connectivity index (χ1n) is 21.4. The molecule has 0 unspecified atom stereocenters. The lowest BCUT2D eigenvalue weighted by atomic mass is 9.88. The first kappa shape index (κ1) is 57.3. The topological polar surface area (TPSA) is 522 Å². The summed E-state index contributed by atoms with van der Waals surface area (Å²) in [5.74, 6) is -7.09. The molecule has 400 valence electrons. The first-order chi connectivity index (χ1) is 32.5. The predicted molar refractivity (Wildman–Crippen MR) is 208 cm³/mol. The number of aliphatic carboxylic acids is 1. The molecular formula is C37H62N2O30. The van der Waals surface area contributed by atoms with Gasteiger partial charge in [-0.3, -0.25) is 9.59 Å². The van der Waals surface area contributed by atoms with E-state index >= 15 is 0 Å². The third-order valence-corrected chi connectivity index (χ3v) is 12.2. The molecule has 20 N–H and O–H groups in total. The number of hydrogen-bond donors (Lipinski definition) is 20. The summed E-state index contributed by atoms with van der Waals surface area (Å²) in [6.45, 7) is -5.44. The number of nitrogens with one attached hydrogen (secondary N) is 2. The van der Waals surface area contributed by atoms with E-state index in [-0.39, 0.29) is 0 Å². The summed E-state index contributed by atoms with van der Waals surface area (Å²) in [7, 11) is 0. The molecule has 26 atom stereocenters. The van der Waals surface area contributed by atoms with Crippen molar-refractivity contribution in [2.45, 2.75) is 172 Å². The average molecular weight is 1010 g/mol. The van der Waals surface area contributed by atoms with Crippen LogP contribution >= 0.6 is 0 Å². The van der Waals surface area contributed by atoms with Gasteiger partial charge >= 0.3 is 5.97 Å². The summed E-state index contributed by atoms with van der Waals surface area (Å²) in [5.41, 5.74) is 0. The quantitative estimate of drug-likeness (QED) is 0.0571. The molecule has 0 spiro atoms. The Kier molecular flexibility index (Phi) is 20.2. The molecule has 0 aromatic rings. The molecule has 5 aliphatic rings. The predicted octanol–water partition coefficient (Wildman–Crippen LogP) is -13.5. The molecule has 5 heterocycles. The van der Waals surface area contributed by atoms with Gasteiger partial charge in [0, 0.05) is 13.3 Å². The number of aliphatic hydroxyl groups is 17. The van der Waals surface area contributed by atoms with Crippen LogP contribution < -0.4 is 10.6 Å². The van der Waals surface area contributed by atoms with Crippen molar-refractivity contribution in [1.29, 1.82) is 0 Å². The van der Waals surface area contributed by atoms with Gasteiger partial charge in [0.15, 0.2) is 25.2 Å². The third-order valence-electron chi connectivity index (χ3n) is 12.2. The lowest BCUT2D eigenvalue weighted by Gasteiger charge is -2.50. The van der Waals surface area contributed by atoms with Crippen LogP contribution in [0.5, 0.6) is 0 Å². The Balaban J connectivity index is 1.39. The van der Waals surface area contributed by atoms with Gasteiger partial charge in [-0.2, -0.15) is 0 Å². The van der Waals surface area contributed by atoms with Gasteiger partial charge in [0.25, 0.3) is 5.79 Å². The highest BCUT2D eigenvalue weighted by molar-refractivity contribution is 5.78. The van der Waals surface area contributed by atoms with Crippen LogP contribution in [-0.2, 0) is 57.0 Å². The summed E-state index contributed by atoms with van der Waals surface area (Å²) in [5, 5.41) is 193. The molecule has 5 fully saturated rings. The standard InChI is InChI=1S/C37H62N2O30/c1-9(45)38-18-29(21(51)12(4-41)63-33(18)68-31-22(52)13(5-42)64-35(27(31)57)66-28-14(6-43)62-32(58)25(55)24(28)54)67-34-26(56)23(53)20(50)15(65-34)8-61-37(36(59)60)2-10(46)17(39-16(48)7-44)30(69-37)19(49)11(47)3-40/h10-15,17-35,40-44,46-47,49-58H,2-8H2,1H3,(H,38,45)(H,39,48)(H,59,60)/t10-,11+,12+,13+,14+,15+,17+,18+,19+,20-,21+,22-,23-,24+,25+,26+,27+,28+,29+,30+,31-,32+,33-,34-,35-,37+/m0/s1. The summed E-state index contributed by atoms with van der Waals surface area (Å²) in [4.78, 5) is 37.4. The van der Waals surface area contributed by atoms with Crippen molar-refractivity contribution in [1.82, 2.24) is 10.6 Å². The number of rotatable bonds is 19. The van der Waals surface area contributed by atoms with Crippen LogP contribution in [0.25, 0.3) is 0 Å². The summed E-state index contributed by atoms with van der Waals surface area (Å²) < 4.78 is 50.4. The second-order valence-corrected chi connectivity index (χ2v) is 16.9. The van der Waals surface area contributed by atoms with Gasteiger partial charge in [-0.05, 0) is 0 Å². The van der Waals surface area contributed by atoms with Crippen molar-refractivity contribution in [3.63, 3.8) is 0 Å². The number of carbonyl (C=O) groups is 3. The highest BCUT2D eigenvalue weighted by Crippen LogP contribution is 2.37. The zero-order valence-corrected chi connectivity index (χ0v) is 36.3. The van der Waals surface area contributed by atoms with Crippen molar-refractivity contribution in [2.75, 3.05) is 39.6 Å². The lowest BCUT2D eigenvalue weighted by molar-refractivity contribution is -0.381. The van der Waals surface area contributed by atoms with Crippen LogP contribution in [0.4, 0.5) is 0 Å². The Labute approximate surface area is 389 Å². The van der Waals surface area contributed by atoms with Gasteiger partial charge in [-0.15, -0.1) is 0 Å². The fraction of sp³-hybridized carbons (Fsp3) is 0.919. The normalized spacial score (nSPS) is 46.1. The number of carboxylic acids is 1. The van der Waals surface area contributed by atoms with Gasteiger partial charge in [0.05, 0.1) is 45.2 Å². The maximum Gasteiger partial charge on any atom is 0.364 e. The van der Waals surface area contributed by atoms with Crippen LogP contribution in [-0.4, -0.2) is 308 Å². The molecule has 0 aromatic heterocycles. The van der Waals surface area contributed by atoms with Gasteiger partial charge in [0.1, 0.15) is 123 Å². The Bertz CT molecular complexity index is 1670. The molecule has 5 saturated heterocycles. The van der Waals surface area contributed by atoms with E-state index in [1.807, 2.05) is 0 Å². The van der Waals surface area contributed by atoms with Gasteiger partial charge < -0.3 is 145 Å². The van der Waals surface area contributed by atoms with Crippen LogP contribution in [0.3, 0.4) is 0 Å². The zero-order valence-electron chi connectivity index (χ0n) is 36.3. The van der Waals surface area contributed by atoms with Crippen LogP contribution in [0.1, 0.15) is 13.3 Å². The minimum absolute atomic E-state index is 0.904. The Hall–Kier alpha value is -2.63. The Morgan fingerprint density at radius 1 is 0.609 bits per heavy atom. The number of hydrogen-bond acceptors (Lipinski definition) is 29. The smallest absolute Gasteiger partial charge is 0.364 e. The van der Waals surface area contributed by atoms with Gasteiger partial charge in [-0.1, -0.05) is 0 Å². The minimum Gasteiger partial charge on any atom is -0.477 e. The number of carboxylic acid groups (broad SMARTS) is 1. The van der Waals surface area contributed by atoms with Gasteiger partial charge in [-0.25, -0.2) is 4.79 Å². The zero-order chi connectivity index (χ0) is 51.4. The van der Waals surface area contributed by atoms with E-state index in [9.17, 15) is 106 Å². The van der Waals surface area contributed by atoms with E-state index in [4.69, 9.17) is 42.6 Å². The van der Waals surface area contributed by atoms with Gasteiger partial charge in [0.2, 0.25) is 11.8 Å². The van der Waals surface area contributed by atoms with E-state index < -0.39 is 223 Å². The maximum atomic E-state index is 12.7. The monoisotopic (exact) mass is 1010 g/mol. The fourth-order valence-electron chi connectivity index (χ4n) is 8.42. The molecule has 0 aliphatic carbocycles. The Morgan fingerprint density at radius 3 is 1.72 bits per heavy atom. The molecule has 0 aromatic carbocycles. The van der Waals surface area contributed by atoms with Crippen LogP contribution in [0.2, 0.25) is 0 Å². The third kappa shape index (κ3) is 12.4. The molecule has 0 radical (unpaired) electrons. The molecule has 2 amide bonds. The van der Waals surface area contributed by atoms with E-state index in [1.165, 1.54) is 0 Å². The highest BCUT2D eigenvalue weighted by Gasteiger charge is 2.59. The van der Waals surface area contributed by atoms with Crippen molar-refractivity contribution in [3.8, 4) is 0 Å². The lowest BCUT2D eigenvalue weighted by Crippen LogP contribution is -2.70. The van der Waals surface area contributed by atoms with Crippen molar-refractivity contribution >= 4 is 17.8 Å². The molecule has 32 heteroatoms. The molecule has 5 rings (SSSR count). The number of carbonyl (C=O) groups excluding carboxylic acids is 2. The molecule has 5 aliphatic heterocycles. The fourth-order valence-corrected chi connectivity index (χ4v) is 8.42. The second-order valence-electron chi connectivity index (χ2n) is 16.9. The van der Waals surface area contributed by atoms with Crippen LogP contribution in [0, 0.1) is 0 Å². The van der Waals surface area contributed by atoms with Crippen molar-refractivity contribution in [3.05, 3.63) is 0 Å². The number of ether oxygens (including phenoxy) is 9. The first-order valence-corrected chi connectivity index (χ1v) is 21.4. The minimum atomic E-state index is -3.04. The molecule has 0 saturated carbocycles. The summed E-state index contributed by atoms with van der Waals surface area (Å²) >= 11 is 0. The molecule has 0 bridgehead atoms. The highest BCUT2D eigenvalue weighted by atomic mass is 16.8. The SMILES string of the molecule is CC(=O)N[C@H]1[C@H](O[C@H]2[C@@H](O)[C@@H](CO)O[C@@H](O[C@H]3[C@H](O)[C@@H](O)[C@H](O)O[C@@H]3CO)[C@@H]2O)O[C@H](CO)[C@@H](O)[C@@H]1O[C@@H]1O[C@H](CO[C@]2(C(=O)O)C[C@H](O)[C@@H](NC(=O)CO)[C@H]([C@H](O)[C@H](O)CO)O2)[C@H](O)[C@H](O)[C@H]1O. The largest absolute Gasteiger partial charge is 0.477 e. The van der Waals surface area contributed by atoms with Crippen molar-refractivity contribution < 1.29 is 149 Å². The average Bonchev–Trinajstić information content (AvgIpc) is 3.32. The number of aliphatic hydroxyl groups excluding tert-OH is 17. The molecular weight excluding hydrogens is 952 g/mol. The van der Waals surface area contributed by atoms with E-state index in [1.54, 1.807) is 0 Å². The number of amides is 2. The molecule has 32 nitrogen and oxygen atoms in total. The second kappa shape index (κ2) is 24.4. The van der Waals surface area contributed by atoms with Crippen molar-refractivity contribution in [2.24, 2.45) is 0 Å². The van der Waals surface area contributed by atoms with E-state index in [2.05, 4.69) is 10.6 Å². The Morgan fingerprint density at radius 2 is 1.16 bits per heavy atom. The van der Waals surface area contributed by atoms with E-state index in [0.717, 1.165) is 6.92 Å². The van der Waals surface area contributed by atoms with E-state index in [0.29, 0.717) is 0 Å². The van der Waals surface area contributed by atoms with Crippen LogP contribution in [0.15, 0.2) is 0 Å². The summed E-state index contributed by atoms with van der Waals surface area (Å²) in [6, 6.07) is -3.57. The summed E-state index contributed by atoms with van der Waals surface area (Å²) in [6.07, 6.45) is -47.3.